The molecule has 5 heteroatoms. The van der Waals surface area contributed by atoms with Crippen LogP contribution in [0.1, 0.15) is 22.3 Å². The van der Waals surface area contributed by atoms with Crippen molar-refractivity contribution in [1.82, 2.24) is 5.32 Å². The summed E-state index contributed by atoms with van der Waals surface area (Å²) in [7, 11) is 1.59. The van der Waals surface area contributed by atoms with E-state index in [0.717, 1.165) is 11.1 Å². The number of aryl methyl sites for hydroxylation is 1. The Bertz CT molecular complexity index is 957. The number of thiocarbonyl (C=S) groups is 1. The summed E-state index contributed by atoms with van der Waals surface area (Å²) in [6, 6.07) is 20.0. The van der Waals surface area contributed by atoms with Crippen LogP contribution in [-0.4, -0.2) is 12.1 Å². The first kappa shape index (κ1) is 19.8. The molecule has 0 atom stereocenters. The Morgan fingerprint density at radius 3 is 2.46 bits per heavy atom. The fourth-order valence-corrected chi connectivity index (χ4v) is 2.95. The van der Waals surface area contributed by atoms with E-state index in [0.29, 0.717) is 29.6 Å². The number of benzene rings is 3. The average molecular weight is 395 g/mol. The third-order valence-corrected chi connectivity index (χ3v) is 4.81. The lowest BCUT2D eigenvalue weighted by molar-refractivity contribution is 0.284. The summed E-state index contributed by atoms with van der Waals surface area (Å²) in [6.07, 6.45) is 0. The van der Waals surface area contributed by atoms with Gasteiger partial charge in [-0.3, -0.25) is 0 Å². The number of ether oxygens (including phenoxy) is 2. The molecule has 0 fully saturated rings. The molecule has 0 aliphatic rings. The lowest BCUT2D eigenvalue weighted by Gasteiger charge is -2.14. The fourth-order valence-electron chi connectivity index (χ4n) is 2.76. The molecule has 0 heterocycles. The van der Waals surface area contributed by atoms with Crippen LogP contribution in [0, 0.1) is 12.7 Å². The Balaban J connectivity index is 1.65. The van der Waals surface area contributed by atoms with E-state index >= 15 is 0 Å². The van der Waals surface area contributed by atoms with Crippen LogP contribution >= 0.6 is 12.2 Å². The maximum Gasteiger partial charge on any atom is 0.161 e. The van der Waals surface area contributed by atoms with Crippen molar-refractivity contribution < 1.29 is 13.9 Å². The summed E-state index contributed by atoms with van der Waals surface area (Å²) in [4.78, 5) is 0.645. The van der Waals surface area contributed by atoms with Crippen molar-refractivity contribution in [2.75, 3.05) is 7.11 Å². The molecule has 0 amide bonds. The van der Waals surface area contributed by atoms with Crippen molar-refractivity contribution in [3.05, 3.63) is 94.8 Å². The van der Waals surface area contributed by atoms with E-state index in [9.17, 15) is 4.39 Å². The van der Waals surface area contributed by atoms with E-state index in [-0.39, 0.29) is 5.82 Å². The zero-order valence-corrected chi connectivity index (χ0v) is 16.7. The van der Waals surface area contributed by atoms with E-state index in [2.05, 4.69) is 24.4 Å². The van der Waals surface area contributed by atoms with Gasteiger partial charge in [-0.25, -0.2) is 4.39 Å². The van der Waals surface area contributed by atoms with Gasteiger partial charge in [0.1, 0.15) is 17.4 Å². The molecule has 144 valence electrons. The van der Waals surface area contributed by atoms with Crippen molar-refractivity contribution in [2.45, 2.75) is 20.1 Å². The average Bonchev–Trinajstić information content (AvgIpc) is 2.72. The van der Waals surface area contributed by atoms with Crippen LogP contribution in [0.3, 0.4) is 0 Å². The SMILES string of the molecule is COc1cc(C(=S)NCc2ccccc2C)ccc1OCc1ccc(F)cc1. The van der Waals surface area contributed by atoms with Crippen LogP contribution in [0.4, 0.5) is 4.39 Å². The Morgan fingerprint density at radius 1 is 1.00 bits per heavy atom. The van der Waals surface area contributed by atoms with Gasteiger partial charge in [-0.15, -0.1) is 0 Å². The highest BCUT2D eigenvalue weighted by atomic mass is 32.1. The molecule has 0 aliphatic carbocycles. The zero-order valence-electron chi connectivity index (χ0n) is 15.9. The van der Waals surface area contributed by atoms with Gasteiger partial charge in [0.15, 0.2) is 11.5 Å². The minimum Gasteiger partial charge on any atom is -0.493 e. The van der Waals surface area contributed by atoms with Gasteiger partial charge in [-0.1, -0.05) is 48.6 Å². The molecule has 0 bridgehead atoms. The van der Waals surface area contributed by atoms with Crippen molar-refractivity contribution in [2.24, 2.45) is 0 Å². The Labute approximate surface area is 170 Å². The van der Waals surface area contributed by atoms with Crippen LogP contribution < -0.4 is 14.8 Å². The Hall–Kier alpha value is -2.92. The van der Waals surface area contributed by atoms with Crippen molar-refractivity contribution in [3.63, 3.8) is 0 Å². The molecular weight excluding hydrogens is 373 g/mol. The minimum absolute atomic E-state index is 0.266. The maximum atomic E-state index is 13.0. The number of nitrogens with one attached hydrogen (secondary N) is 1. The molecule has 0 aromatic heterocycles. The van der Waals surface area contributed by atoms with Crippen molar-refractivity contribution in [3.8, 4) is 11.5 Å². The maximum absolute atomic E-state index is 13.0. The topological polar surface area (TPSA) is 30.5 Å². The summed E-state index contributed by atoms with van der Waals surface area (Å²) in [5.74, 6) is 0.939. The molecule has 0 saturated carbocycles. The van der Waals surface area contributed by atoms with Gasteiger partial charge in [0.05, 0.1) is 7.11 Å². The second-order valence-corrected chi connectivity index (χ2v) is 6.80. The third kappa shape index (κ3) is 5.08. The van der Waals surface area contributed by atoms with Crippen LogP contribution in [0.5, 0.6) is 11.5 Å². The minimum atomic E-state index is -0.266. The Kier molecular flexibility index (Phi) is 6.61. The number of methoxy groups -OCH3 is 1. The van der Waals surface area contributed by atoms with Crippen LogP contribution in [-0.2, 0) is 13.2 Å². The molecule has 0 spiro atoms. The van der Waals surface area contributed by atoms with E-state index < -0.39 is 0 Å². The number of halogens is 1. The molecule has 3 nitrogen and oxygen atoms in total. The molecule has 0 unspecified atom stereocenters. The highest BCUT2D eigenvalue weighted by Crippen LogP contribution is 2.29. The Morgan fingerprint density at radius 2 is 1.75 bits per heavy atom. The van der Waals surface area contributed by atoms with Gasteiger partial charge in [0, 0.05) is 12.1 Å². The molecule has 0 saturated heterocycles. The quantitative estimate of drug-likeness (QED) is 0.558. The van der Waals surface area contributed by atoms with Gasteiger partial charge in [0.2, 0.25) is 0 Å². The van der Waals surface area contributed by atoms with Gasteiger partial charge in [-0.2, -0.15) is 0 Å². The molecule has 1 N–H and O–H groups in total. The summed E-state index contributed by atoms with van der Waals surface area (Å²) < 4.78 is 24.3. The number of hydrogen-bond acceptors (Lipinski definition) is 3. The second-order valence-electron chi connectivity index (χ2n) is 6.39. The van der Waals surface area contributed by atoms with Gasteiger partial charge in [0.25, 0.3) is 0 Å². The van der Waals surface area contributed by atoms with Gasteiger partial charge < -0.3 is 14.8 Å². The number of hydrogen-bond donors (Lipinski definition) is 1. The predicted octanol–water partition coefficient (Wildman–Crippen LogP) is 5.19. The highest BCUT2D eigenvalue weighted by Gasteiger charge is 2.10. The van der Waals surface area contributed by atoms with Crippen LogP contribution in [0.15, 0.2) is 66.7 Å². The van der Waals surface area contributed by atoms with Gasteiger partial charge >= 0.3 is 0 Å². The van der Waals surface area contributed by atoms with Crippen LogP contribution in [0.2, 0.25) is 0 Å². The van der Waals surface area contributed by atoms with E-state index in [1.165, 1.54) is 23.3 Å². The van der Waals surface area contributed by atoms with Crippen LogP contribution in [0.25, 0.3) is 0 Å². The molecule has 3 rings (SSSR count). The molecule has 28 heavy (non-hydrogen) atoms. The molecule has 3 aromatic carbocycles. The summed E-state index contributed by atoms with van der Waals surface area (Å²) >= 11 is 5.52. The van der Waals surface area contributed by atoms with Gasteiger partial charge in [-0.05, 0) is 53.9 Å². The van der Waals surface area contributed by atoms with Crippen molar-refractivity contribution >= 4 is 17.2 Å². The largest absolute Gasteiger partial charge is 0.493 e. The van der Waals surface area contributed by atoms with Crippen molar-refractivity contribution in [1.29, 1.82) is 0 Å². The third-order valence-electron chi connectivity index (χ3n) is 4.43. The first-order valence-electron chi connectivity index (χ1n) is 8.95. The smallest absolute Gasteiger partial charge is 0.161 e. The summed E-state index contributed by atoms with van der Waals surface area (Å²) in [5.41, 5.74) is 4.16. The first-order chi connectivity index (χ1) is 13.6. The summed E-state index contributed by atoms with van der Waals surface area (Å²) in [6.45, 7) is 3.07. The van der Waals surface area contributed by atoms with E-state index in [1.54, 1.807) is 19.2 Å². The molecule has 0 aliphatic heterocycles. The fraction of sp³-hybridized carbons (Fsp3) is 0.174. The molecule has 3 aromatic rings. The lowest BCUT2D eigenvalue weighted by atomic mass is 10.1. The zero-order chi connectivity index (χ0) is 19.9. The lowest BCUT2D eigenvalue weighted by Crippen LogP contribution is -2.22. The van der Waals surface area contributed by atoms with E-state index in [1.807, 2.05) is 30.3 Å². The normalized spacial score (nSPS) is 10.4. The number of rotatable bonds is 7. The standard InChI is InChI=1S/C23H22FNO2S/c1-16-5-3-4-6-19(16)14-25-23(28)18-9-12-21(22(13-18)26-2)27-15-17-7-10-20(24)11-8-17/h3-13H,14-15H2,1-2H3,(H,25,28). The second kappa shape index (κ2) is 9.33. The highest BCUT2D eigenvalue weighted by molar-refractivity contribution is 7.80. The molecular formula is C23H22FNO2S. The predicted molar refractivity (Wildman–Crippen MR) is 113 cm³/mol. The first-order valence-corrected chi connectivity index (χ1v) is 9.35. The van der Waals surface area contributed by atoms with E-state index in [4.69, 9.17) is 21.7 Å². The molecule has 0 radical (unpaired) electrons. The monoisotopic (exact) mass is 395 g/mol. The summed E-state index contributed by atoms with van der Waals surface area (Å²) in [5, 5.41) is 3.29.